The van der Waals surface area contributed by atoms with Gasteiger partial charge < -0.3 is 10.1 Å². The molecule has 0 aromatic heterocycles. The van der Waals surface area contributed by atoms with Gasteiger partial charge in [-0.15, -0.1) is 0 Å². The number of nitrogens with one attached hydrogen (secondary N) is 1. The lowest BCUT2D eigenvalue weighted by Gasteiger charge is -2.33. The number of rotatable bonds is 6. The Morgan fingerprint density at radius 3 is 2.58 bits per heavy atom. The van der Waals surface area contributed by atoms with Crippen LogP contribution in [0.5, 0.6) is 0 Å². The van der Waals surface area contributed by atoms with Crippen LogP contribution in [0.4, 0.5) is 0 Å². The lowest BCUT2D eigenvalue weighted by molar-refractivity contribution is -0.150. The molecule has 5 nitrogen and oxygen atoms in total. The summed E-state index contributed by atoms with van der Waals surface area (Å²) in [7, 11) is -3.28. The Kier molecular flexibility index (Phi) is 5.38. The quantitative estimate of drug-likeness (QED) is 0.743. The first-order chi connectivity index (χ1) is 8.74. The maximum Gasteiger partial charge on any atom is 0.327 e. The molecule has 0 amide bonds. The van der Waals surface area contributed by atoms with Crippen molar-refractivity contribution in [1.82, 2.24) is 5.32 Å². The van der Waals surface area contributed by atoms with Gasteiger partial charge in [0.2, 0.25) is 0 Å². The van der Waals surface area contributed by atoms with Gasteiger partial charge in [-0.25, -0.2) is 8.42 Å². The Balaban J connectivity index is 3.06. The number of ether oxygens (including phenoxy) is 1. The number of hydrogen-bond acceptors (Lipinski definition) is 5. The third-order valence-electron chi connectivity index (χ3n) is 3.57. The van der Waals surface area contributed by atoms with Crippen molar-refractivity contribution in [2.45, 2.75) is 50.8 Å². The Hall–Kier alpha value is -0.620. The number of carbonyl (C=O) groups excluding carboxylic acids is 1. The summed E-state index contributed by atoms with van der Waals surface area (Å²) < 4.78 is 29.0. The average molecular weight is 291 g/mol. The lowest BCUT2D eigenvalue weighted by Crippen LogP contribution is -2.60. The average Bonchev–Trinajstić information content (AvgIpc) is 2.71. The van der Waals surface area contributed by atoms with E-state index in [4.69, 9.17) is 4.74 Å². The fourth-order valence-corrected chi connectivity index (χ4v) is 4.33. The number of hydrogen-bond donors (Lipinski definition) is 1. The molecule has 2 unspecified atom stereocenters. The molecule has 0 aliphatic heterocycles. The van der Waals surface area contributed by atoms with Crippen LogP contribution in [0.1, 0.15) is 40.0 Å². The van der Waals surface area contributed by atoms with Gasteiger partial charge in [-0.1, -0.05) is 13.8 Å². The zero-order valence-electron chi connectivity index (χ0n) is 12.2. The van der Waals surface area contributed by atoms with Gasteiger partial charge in [0.15, 0.2) is 9.84 Å². The van der Waals surface area contributed by atoms with Crippen molar-refractivity contribution in [3.8, 4) is 0 Å². The molecule has 1 rings (SSSR count). The van der Waals surface area contributed by atoms with Crippen LogP contribution < -0.4 is 5.32 Å². The van der Waals surface area contributed by atoms with Gasteiger partial charge in [-0.05, 0) is 38.6 Å². The van der Waals surface area contributed by atoms with Gasteiger partial charge in [0.1, 0.15) is 5.54 Å². The minimum atomic E-state index is -3.28. The largest absolute Gasteiger partial charge is 0.465 e. The first kappa shape index (κ1) is 16.4. The predicted molar refractivity (Wildman–Crippen MR) is 74.7 cm³/mol. The van der Waals surface area contributed by atoms with Crippen molar-refractivity contribution < 1.29 is 17.9 Å². The van der Waals surface area contributed by atoms with E-state index in [0.717, 1.165) is 6.42 Å². The van der Waals surface area contributed by atoms with Crippen molar-refractivity contribution in [3.05, 3.63) is 0 Å². The summed E-state index contributed by atoms with van der Waals surface area (Å²) in [5.74, 6) is -0.0873. The van der Waals surface area contributed by atoms with Crippen LogP contribution >= 0.6 is 0 Å². The van der Waals surface area contributed by atoms with Crippen molar-refractivity contribution in [2.75, 3.05) is 19.4 Å². The number of carbonyl (C=O) groups is 1. The summed E-state index contributed by atoms with van der Waals surface area (Å²) >= 11 is 0. The minimum Gasteiger partial charge on any atom is -0.465 e. The zero-order valence-corrected chi connectivity index (χ0v) is 13.0. The Morgan fingerprint density at radius 2 is 2.11 bits per heavy atom. The fraction of sp³-hybridized carbons (Fsp3) is 0.923. The molecule has 1 N–H and O–H groups in total. The first-order valence-corrected chi connectivity index (χ1v) is 8.80. The maximum atomic E-state index is 12.3. The SMILES string of the molecule is CCOC(=O)C1(NCC(C)C)CCCC1S(C)(=O)=O. The Morgan fingerprint density at radius 1 is 1.47 bits per heavy atom. The molecule has 1 aliphatic carbocycles. The molecule has 1 aliphatic rings. The van der Waals surface area contributed by atoms with Crippen molar-refractivity contribution in [2.24, 2.45) is 5.92 Å². The molecular weight excluding hydrogens is 266 g/mol. The lowest BCUT2D eigenvalue weighted by atomic mass is 9.96. The van der Waals surface area contributed by atoms with Gasteiger partial charge in [0.25, 0.3) is 0 Å². The maximum absolute atomic E-state index is 12.3. The van der Waals surface area contributed by atoms with E-state index < -0.39 is 26.6 Å². The summed E-state index contributed by atoms with van der Waals surface area (Å²) in [5.41, 5.74) is -1.06. The highest BCUT2D eigenvalue weighted by Gasteiger charge is 2.54. The van der Waals surface area contributed by atoms with E-state index in [9.17, 15) is 13.2 Å². The molecule has 19 heavy (non-hydrogen) atoms. The van der Waals surface area contributed by atoms with Crippen LogP contribution in [0, 0.1) is 5.92 Å². The molecule has 1 fully saturated rings. The van der Waals surface area contributed by atoms with Gasteiger partial charge in [-0.3, -0.25) is 4.79 Å². The van der Waals surface area contributed by atoms with Crippen molar-refractivity contribution >= 4 is 15.8 Å². The second-order valence-electron chi connectivity index (χ2n) is 5.68. The number of sulfone groups is 1. The molecule has 112 valence electrons. The fourth-order valence-electron chi connectivity index (χ4n) is 2.71. The normalized spacial score (nSPS) is 27.7. The second kappa shape index (κ2) is 6.22. The summed E-state index contributed by atoms with van der Waals surface area (Å²) in [6.07, 6.45) is 2.97. The van der Waals surface area contributed by atoms with Crippen LogP contribution in [0.2, 0.25) is 0 Å². The van der Waals surface area contributed by atoms with E-state index in [1.165, 1.54) is 6.26 Å². The van der Waals surface area contributed by atoms with Gasteiger partial charge in [0.05, 0.1) is 11.9 Å². The molecule has 1 saturated carbocycles. The van der Waals surface area contributed by atoms with Crippen LogP contribution in [0.15, 0.2) is 0 Å². The third-order valence-corrected chi connectivity index (χ3v) is 5.24. The van der Waals surface area contributed by atoms with Crippen LogP contribution in [0.3, 0.4) is 0 Å². The zero-order chi connectivity index (χ0) is 14.7. The molecule has 0 heterocycles. The number of esters is 1. The van der Waals surface area contributed by atoms with Crippen molar-refractivity contribution in [3.63, 3.8) is 0 Å². The summed E-state index contributed by atoms with van der Waals surface area (Å²) in [6, 6.07) is 0. The highest BCUT2D eigenvalue weighted by Crippen LogP contribution is 2.36. The highest BCUT2D eigenvalue weighted by atomic mass is 32.2. The molecular formula is C13H25NO4S. The van der Waals surface area contributed by atoms with Crippen LogP contribution in [-0.4, -0.2) is 44.6 Å². The van der Waals surface area contributed by atoms with E-state index in [-0.39, 0.29) is 6.61 Å². The van der Waals surface area contributed by atoms with Gasteiger partial charge >= 0.3 is 5.97 Å². The molecule has 0 aromatic rings. The van der Waals surface area contributed by atoms with E-state index in [1.807, 2.05) is 13.8 Å². The third kappa shape index (κ3) is 3.69. The summed E-state index contributed by atoms with van der Waals surface area (Å²) in [5, 5.41) is 2.50. The first-order valence-electron chi connectivity index (χ1n) is 6.85. The monoisotopic (exact) mass is 291 g/mol. The van der Waals surface area contributed by atoms with Gasteiger partial charge in [-0.2, -0.15) is 0 Å². The van der Waals surface area contributed by atoms with Gasteiger partial charge in [0, 0.05) is 6.26 Å². The Bertz CT molecular complexity index is 418. The predicted octanol–water partition coefficient (Wildman–Crippen LogP) is 1.13. The molecule has 0 bridgehead atoms. The second-order valence-corrected chi connectivity index (χ2v) is 7.91. The molecule has 6 heteroatoms. The Labute approximate surface area is 116 Å². The van der Waals surface area contributed by atoms with Crippen LogP contribution in [0.25, 0.3) is 0 Å². The summed E-state index contributed by atoms with van der Waals surface area (Å²) in [4.78, 5) is 12.3. The van der Waals surface area contributed by atoms with E-state index in [0.29, 0.717) is 25.3 Å². The standard InChI is InChI=1S/C13H25NO4S/c1-5-18-12(15)13(14-9-10(2)3)8-6-7-11(13)19(4,16)17/h10-11,14H,5-9H2,1-4H3. The topological polar surface area (TPSA) is 72.5 Å². The highest BCUT2D eigenvalue weighted by molar-refractivity contribution is 7.91. The van der Waals surface area contributed by atoms with E-state index in [1.54, 1.807) is 6.92 Å². The van der Waals surface area contributed by atoms with Crippen molar-refractivity contribution in [1.29, 1.82) is 0 Å². The van der Waals surface area contributed by atoms with Crippen LogP contribution in [-0.2, 0) is 19.4 Å². The molecule has 0 radical (unpaired) electrons. The molecule has 0 spiro atoms. The smallest absolute Gasteiger partial charge is 0.327 e. The van der Waals surface area contributed by atoms with E-state index >= 15 is 0 Å². The molecule has 0 aromatic carbocycles. The summed E-state index contributed by atoms with van der Waals surface area (Å²) in [6.45, 7) is 6.65. The molecule has 0 saturated heterocycles. The minimum absolute atomic E-state index is 0.264. The molecule has 2 atom stereocenters. The van der Waals surface area contributed by atoms with E-state index in [2.05, 4.69) is 5.32 Å².